The van der Waals surface area contributed by atoms with Gasteiger partial charge in [-0.3, -0.25) is 4.90 Å². The van der Waals surface area contributed by atoms with Gasteiger partial charge < -0.3 is 15.8 Å². The molecule has 0 saturated carbocycles. The van der Waals surface area contributed by atoms with Gasteiger partial charge in [0.15, 0.2) is 0 Å². The van der Waals surface area contributed by atoms with Crippen molar-refractivity contribution in [2.24, 2.45) is 10.7 Å². The Bertz CT molecular complexity index is 653. The number of nitrogens with two attached hydrogens (primary N) is 1. The predicted octanol–water partition coefficient (Wildman–Crippen LogP) is 1.98. The topological polar surface area (TPSA) is 80.0 Å². The number of fused-ring (bicyclic) bond motifs is 1. The second kappa shape index (κ2) is 5.81. The summed E-state index contributed by atoms with van der Waals surface area (Å²) in [5, 5.41) is 3.24. The van der Waals surface area contributed by atoms with Crippen LogP contribution in [0, 0.1) is 5.82 Å². The lowest BCUT2D eigenvalue weighted by molar-refractivity contribution is 0.112. The summed E-state index contributed by atoms with van der Waals surface area (Å²) in [7, 11) is 0. The Labute approximate surface area is 134 Å². The Morgan fingerprint density at radius 2 is 2.13 bits per heavy atom. The fourth-order valence-corrected chi connectivity index (χ4v) is 3.19. The largest absolute Gasteiger partial charge is 0.446 e. The maximum Gasteiger partial charge on any atom is 0.416 e. The van der Waals surface area contributed by atoms with Crippen LogP contribution in [0.15, 0.2) is 23.2 Å². The molecule has 23 heavy (non-hydrogen) atoms. The number of anilines is 1. The summed E-state index contributed by atoms with van der Waals surface area (Å²) in [6.07, 6.45) is 0.389. The third-order valence-electron chi connectivity index (χ3n) is 4.16. The molecule has 1 amide bonds. The lowest BCUT2D eigenvalue weighted by Gasteiger charge is -2.46. The number of carbonyl (C=O) groups is 1. The number of amidine groups is 1. The summed E-state index contributed by atoms with van der Waals surface area (Å²) in [5.41, 5.74) is 5.80. The van der Waals surface area contributed by atoms with Crippen LogP contribution in [0.2, 0.25) is 0 Å². The molecule has 2 aliphatic rings. The molecule has 0 radical (unpaired) electrons. The fraction of sp³-hybridized carbons (Fsp3) is 0.500. The first-order valence-corrected chi connectivity index (χ1v) is 7.80. The van der Waals surface area contributed by atoms with Crippen molar-refractivity contribution in [1.82, 2.24) is 5.32 Å². The van der Waals surface area contributed by atoms with Crippen LogP contribution in [0.25, 0.3) is 0 Å². The summed E-state index contributed by atoms with van der Waals surface area (Å²) in [4.78, 5) is 18.7. The smallest absolute Gasteiger partial charge is 0.416 e. The summed E-state index contributed by atoms with van der Waals surface area (Å²) in [5.74, 6) is -0.358. The first kappa shape index (κ1) is 15.7. The molecule has 3 N–H and O–H groups in total. The van der Waals surface area contributed by atoms with Crippen molar-refractivity contribution in [1.29, 1.82) is 0 Å². The summed E-state index contributed by atoms with van der Waals surface area (Å²) in [6, 6.07) is 4.57. The normalized spacial score (nSPS) is 19.5. The van der Waals surface area contributed by atoms with Crippen molar-refractivity contribution in [2.45, 2.75) is 38.5 Å². The van der Waals surface area contributed by atoms with E-state index >= 15 is 0 Å². The van der Waals surface area contributed by atoms with Gasteiger partial charge in [-0.15, -0.1) is 0 Å². The number of carbonyl (C=O) groups excluding carboxylic acids is 1. The molecule has 0 bridgehead atoms. The van der Waals surface area contributed by atoms with E-state index in [4.69, 9.17) is 10.5 Å². The monoisotopic (exact) mass is 320 g/mol. The van der Waals surface area contributed by atoms with Crippen LogP contribution in [0.4, 0.5) is 14.9 Å². The van der Waals surface area contributed by atoms with E-state index in [0.29, 0.717) is 31.6 Å². The number of benzene rings is 1. The van der Waals surface area contributed by atoms with Crippen LogP contribution in [-0.4, -0.2) is 36.8 Å². The van der Waals surface area contributed by atoms with Crippen molar-refractivity contribution in [3.63, 3.8) is 0 Å². The van der Waals surface area contributed by atoms with Crippen LogP contribution in [0.3, 0.4) is 0 Å². The molecular formula is C16H21FN4O2. The van der Waals surface area contributed by atoms with Crippen molar-refractivity contribution < 1.29 is 13.9 Å². The molecule has 6 nitrogen and oxygen atoms in total. The number of ether oxygens (including phenoxy) is 1. The Hall–Kier alpha value is -2.15. The van der Waals surface area contributed by atoms with E-state index in [-0.39, 0.29) is 17.5 Å². The van der Waals surface area contributed by atoms with E-state index in [2.05, 4.69) is 10.3 Å². The molecule has 0 atom stereocenters. The maximum atomic E-state index is 14.2. The Morgan fingerprint density at radius 3 is 2.78 bits per heavy atom. The quantitative estimate of drug-likeness (QED) is 0.829. The lowest BCUT2D eigenvalue weighted by atomic mass is 9.92. The number of rotatable bonds is 1. The van der Waals surface area contributed by atoms with Gasteiger partial charge in [-0.1, -0.05) is 6.07 Å². The number of nitrogens with one attached hydrogen (secondary N) is 1. The highest BCUT2D eigenvalue weighted by molar-refractivity contribution is 6.08. The van der Waals surface area contributed by atoms with Gasteiger partial charge in [-0.2, -0.15) is 0 Å². The molecule has 1 saturated heterocycles. The molecule has 7 heteroatoms. The van der Waals surface area contributed by atoms with Gasteiger partial charge in [0.05, 0.1) is 17.4 Å². The highest BCUT2D eigenvalue weighted by atomic mass is 19.1. The number of halogens is 1. The SMILES string of the molecule is CC(C)OC(=O)N1c2cccc(F)c2C(N)=NC12CCNCC2. The van der Waals surface area contributed by atoms with E-state index in [1.165, 1.54) is 11.0 Å². The fourth-order valence-electron chi connectivity index (χ4n) is 3.19. The summed E-state index contributed by atoms with van der Waals surface area (Å²) >= 11 is 0. The number of hydrogen-bond acceptors (Lipinski definition) is 5. The molecule has 1 spiro atoms. The highest BCUT2D eigenvalue weighted by Gasteiger charge is 2.47. The molecule has 1 aromatic carbocycles. The van der Waals surface area contributed by atoms with E-state index in [1.54, 1.807) is 26.0 Å². The van der Waals surface area contributed by atoms with Crippen LogP contribution >= 0.6 is 0 Å². The second-order valence-electron chi connectivity index (χ2n) is 6.13. The van der Waals surface area contributed by atoms with Crippen molar-refractivity contribution in [3.8, 4) is 0 Å². The maximum absolute atomic E-state index is 14.2. The molecule has 1 fully saturated rings. The Morgan fingerprint density at radius 1 is 1.43 bits per heavy atom. The molecule has 0 aromatic heterocycles. The first-order valence-electron chi connectivity index (χ1n) is 7.80. The number of aliphatic imine (C=N–C) groups is 1. The van der Waals surface area contributed by atoms with Crippen LogP contribution < -0.4 is 16.0 Å². The van der Waals surface area contributed by atoms with E-state index in [1.807, 2.05) is 0 Å². The van der Waals surface area contributed by atoms with Gasteiger partial charge in [0.1, 0.15) is 17.3 Å². The standard InChI is InChI=1S/C16H21FN4O2/c1-10(2)23-15(22)21-12-5-3-4-11(17)13(12)14(18)20-16(21)6-8-19-9-7-16/h3-5,10,19H,6-9H2,1-2H3,(H2,18,20). The van der Waals surface area contributed by atoms with E-state index in [0.717, 1.165) is 0 Å². The molecular weight excluding hydrogens is 299 g/mol. The minimum absolute atomic E-state index is 0.133. The van der Waals surface area contributed by atoms with Crippen molar-refractivity contribution in [3.05, 3.63) is 29.6 Å². The van der Waals surface area contributed by atoms with E-state index in [9.17, 15) is 9.18 Å². The van der Waals surface area contributed by atoms with Crippen LogP contribution in [-0.2, 0) is 4.74 Å². The minimum Gasteiger partial charge on any atom is -0.446 e. The van der Waals surface area contributed by atoms with Gasteiger partial charge in [0.2, 0.25) is 0 Å². The van der Waals surface area contributed by atoms with Crippen LogP contribution in [0.5, 0.6) is 0 Å². The van der Waals surface area contributed by atoms with Crippen molar-refractivity contribution in [2.75, 3.05) is 18.0 Å². The average molecular weight is 320 g/mol. The third-order valence-corrected chi connectivity index (χ3v) is 4.16. The molecule has 2 aliphatic heterocycles. The second-order valence-corrected chi connectivity index (χ2v) is 6.13. The van der Waals surface area contributed by atoms with Gasteiger partial charge in [0, 0.05) is 12.8 Å². The number of amides is 1. The Balaban J connectivity index is 2.14. The van der Waals surface area contributed by atoms with E-state index < -0.39 is 17.6 Å². The molecule has 3 rings (SSSR count). The molecule has 2 heterocycles. The average Bonchev–Trinajstić information content (AvgIpc) is 2.46. The zero-order valence-electron chi connectivity index (χ0n) is 13.3. The molecule has 124 valence electrons. The van der Waals surface area contributed by atoms with Gasteiger partial charge >= 0.3 is 6.09 Å². The molecule has 0 aliphatic carbocycles. The first-order chi connectivity index (χ1) is 10.9. The molecule has 1 aromatic rings. The predicted molar refractivity (Wildman–Crippen MR) is 86.1 cm³/mol. The summed E-state index contributed by atoms with van der Waals surface area (Å²) in [6.45, 7) is 4.96. The number of nitrogens with zero attached hydrogens (tertiary/aromatic N) is 2. The van der Waals surface area contributed by atoms with Gasteiger partial charge in [0.25, 0.3) is 0 Å². The number of hydrogen-bond donors (Lipinski definition) is 2. The zero-order chi connectivity index (χ0) is 16.6. The minimum atomic E-state index is -0.817. The highest BCUT2D eigenvalue weighted by Crippen LogP contribution is 2.40. The zero-order valence-corrected chi connectivity index (χ0v) is 13.3. The lowest BCUT2D eigenvalue weighted by Crippen LogP contribution is -2.59. The van der Waals surface area contributed by atoms with Gasteiger partial charge in [-0.05, 0) is 39.1 Å². The third kappa shape index (κ3) is 2.65. The van der Waals surface area contributed by atoms with Gasteiger partial charge in [-0.25, -0.2) is 14.2 Å². The summed E-state index contributed by atoms with van der Waals surface area (Å²) < 4.78 is 19.6. The Kier molecular flexibility index (Phi) is 3.97. The molecule has 0 unspecified atom stereocenters. The van der Waals surface area contributed by atoms with Crippen LogP contribution in [0.1, 0.15) is 32.3 Å². The number of piperidine rings is 1. The van der Waals surface area contributed by atoms with Crippen molar-refractivity contribution >= 4 is 17.6 Å².